The highest BCUT2D eigenvalue weighted by Gasteiger charge is 2.30. The fourth-order valence-electron chi connectivity index (χ4n) is 2.28. The molecule has 0 saturated carbocycles. The minimum Gasteiger partial charge on any atom is -0.344 e. The van der Waals surface area contributed by atoms with E-state index in [4.69, 9.17) is 0 Å². The summed E-state index contributed by atoms with van der Waals surface area (Å²) in [5, 5.41) is 2.64. The Labute approximate surface area is 115 Å². The van der Waals surface area contributed by atoms with Crippen molar-refractivity contribution < 1.29 is 18.4 Å². The molecule has 6 heteroatoms. The highest BCUT2D eigenvalue weighted by molar-refractivity contribution is 6.01. The Morgan fingerprint density at radius 1 is 1.25 bits per heavy atom. The quantitative estimate of drug-likeness (QED) is 0.921. The van der Waals surface area contributed by atoms with Crippen LogP contribution >= 0.6 is 0 Å². The van der Waals surface area contributed by atoms with Crippen LogP contribution in [0.2, 0.25) is 0 Å². The zero-order valence-electron chi connectivity index (χ0n) is 11.2. The number of anilines is 1. The molecule has 1 aliphatic rings. The van der Waals surface area contributed by atoms with Gasteiger partial charge < -0.3 is 10.2 Å². The van der Waals surface area contributed by atoms with E-state index in [1.54, 1.807) is 0 Å². The summed E-state index contributed by atoms with van der Waals surface area (Å²) in [6.07, 6.45) is 1.34. The lowest BCUT2D eigenvalue weighted by Crippen LogP contribution is -2.44. The number of amides is 2. The first-order valence-electron chi connectivity index (χ1n) is 6.58. The second kappa shape index (κ2) is 5.98. The number of halogens is 2. The van der Waals surface area contributed by atoms with Crippen LogP contribution in [0.1, 0.15) is 26.2 Å². The number of carbonyl (C=O) groups is 2. The van der Waals surface area contributed by atoms with Gasteiger partial charge >= 0.3 is 0 Å². The van der Waals surface area contributed by atoms with E-state index in [2.05, 4.69) is 5.32 Å². The van der Waals surface area contributed by atoms with Gasteiger partial charge in [-0.15, -0.1) is 0 Å². The monoisotopic (exact) mass is 282 g/mol. The third-order valence-electron chi connectivity index (χ3n) is 3.20. The van der Waals surface area contributed by atoms with Crippen LogP contribution in [0.5, 0.6) is 0 Å². The number of rotatable bonds is 3. The Morgan fingerprint density at radius 2 is 1.90 bits per heavy atom. The Morgan fingerprint density at radius 3 is 2.50 bits per heavy atom. The largest absolute Gasteiger partial charge is 0.344 e. The first-order chi connectivity index (χ1) is 9.51. The fraction of sp³-hybridized carbons (Fsp3) is 0.429. The molecule has 0 bridgehead atoms. The smallest absolute Gasteiger partial charge is 0.249 e. The second-order valence-electron chi connectivity index (χ2n) is 4.78. The van der Waals surface area contributed by atoms with Crippen LogP contribution in [-0.2, 0) is 9.59 Å². The predicted molar refractivity (Wildman–Crippen MR) is 70.2 cm³/mol. The summed E-state index contributed by atoms with van der Waals surface area (Å²) in [6, 6.07) is 2.31. The van der Waals surface area contributed by atoms with Crippen LogP contribution < -0.4 is 10.2 Å². The van der Waals surface area contributed by atoms with Crippen LogP contribution in [-0.4, -0.2) is 24.4 Å². The van der Waals surface area contributed by atoms with Crippen molar-refractivity contribution >= 4 is 17.5 Å². The zero-order valence-corrected chi connectivity index (χ0v) is 11.2. The highest BCUT2D eigenvalue weighted by Crippen LogP contribution is 2.21. The fourth-order valence-corrected chi connectivity index (χ4v) is 2.28. The molecule has 1 fully saturated rings. The lowest BCUT2D eigenvalue weighted by molar-refractivity contribution is -0.125. The van der Waals surface area contributed by atoms with Crippen molar-refractivity contribution in [2.24, 2.45) is 0 Å². The average Bonchev–Trinajstić information content (AvgIpc) is 2.49. The molecular weight excluding hydrogens is 266 g/mol. The van der Waals surface area contributed by atoms with E-state index in [0.29, 0.717) is 6.42 Å². The van der Waals surface area contributed by atoms with Gasteiger partial charge in [0.2, 0.25) is 11.8 Å². The highest BCUT2D eigenvalue weighted by atomic mass is 19.1. The van der Waals surface area contributed by atoms with Crippen molar-refractivity contribution in [3.05, 3.63) is 29.8 Å². The summed E-state index contributed by atoms with van der Waals surface area (Å²) in [4.78, 5) is 25.2. The van der Waals surface area contributed by atoms with Gasteiger partial charge in [0.1, 0.15) is 17.7 Å². The number of hydrogen-bond acceptors (Lipinski definition) is 2. The van der Waals surface area contributed by atoms with Gasteiger partial charge in [-0.05, 0) is 18.6 Å². The number of carbonyl (C=O) groups excluding carboxylic acids is 2. The van der Waals surface area contributed by atoms with Crippen molar-refractivity contribution in [3.8, 4) is 0 Å². The molecule has 2 rings (SSSR count). The van der Waals surface area contributed by atoms with Crippen LogP contribution in [0, 0.1) is 11.6 Å². The van der Waals surface area contributed by atoms with Crippen LogP contribution in [0.15, 0.2) is 18.2 Å². The lowest BCUT2D eigenvalue weighted by Gasteiger charge is -2.24. The number of hydrogen-bond donors (Lipinski definition) is 1. The summed E-state index contributed by atoms with van der Waals surface area (Å²) in [5.41, 5.74) is 0.144. The Balaban J connectivity index is 2.33. The molecule has 1 saturated heterocycles. The third kappa shape index (κ3) is 3.12. The van der Waals surface area contributed by atoms with Gasteiger partial charge in [0.15, 0.2) is 0 Å². The van der Waals surface area contributed by atoms with Gasteiger partial charge in [-0.25, -0.2) is 8.78 Å². The molecule has 0 aliphatic carbocycles. The van der Waals surface area contributed by atoms with E-state index in [1.807, 2.05) is 6.92 Å². The summed E-state index contributed by atoms with van der Waals surface area (Å²) in [7, 11) is 0. The van der Waals surface area contributed by atoms with Gasteiger partial charge in [0.25, 0.3) is 0 Å². The molecule has 0 aromatic heterocycles. The van der Waals surface area contributed by atoms with Crippen molar-refractivity contribution in [3.63, 3.8) is 0 Å². The van der Waals surface area contributed by atoms with Gasteiger partial charge in [-0.3, -0.25) is 9.59 Å². The van der Waals surface area contributed by atoms with E-state index in [1.165, 1.54) is 4.90 Å². The number of benzene rings is 1. The van der Waals surface area contributed by atoms with Crippen LogP contribution in [0.25, 0.3) is 0 Å². The molecule has 108 valence electrons. The van der Waals surface area contributed by atoms with E-state index in [9.17, 15) is 18.4 Å². The van der Waals surface area contributed by atoms with Crippen molar-refractivity contribution in [1.82, 2.24) is 5.32 Å². The molecule has 1 aromatic rings. The number of nitrogens with one attached hydrogen (secondary N) is 1. The lowest BCUT2D eigenvalue weighted by atomic mass is 10.1. The van der Waals surface area contributed by atoms with E-state index < -0.39 is 17.7 Å². The summed E-state index contributed by atoms with van der Waals surface area (Å²) < 4.78 is 26.5. The van der Waals surface area contributed by atoms with Gasteiger partial charge in [-0.2, -0.15) is 0 Å². The normalized spacial score (nSPS) is 19.8. The van der Waals surface area contributed by atoms with Gasteiger partial charge in [0.05, 0.1) is 0 Å². The maximum atomic E-state index is 13.3. The molecule has 1 atom stereocenters. The Bertz CT molecular complexity index is 514. The average molecular weight is 282 g/mol. The van der Waals surface area contributed by atoms with Gasteiger partial charge in [0, 0.05) is 24.7 Å². The summed E-state index contributed by atoms with van der Waals surface area (Å²) in [6.45, 7) is 2.02. The molecule has 1 unspecified atom stereocenters. The molecule has 1 heterocycles. The molecule has 0 radical (unpaired) electrons. The maximum Gasteiger partial charge on any atom is 0.249 e. The zero-order chi connectivity index (χ0) is 14.7. The molecule has 1 aromatic carbocycles. The Kier molecular flexibility index (Phi) is 4.32. The molecule has 2 amide bonds. The summed E-state index contributed by atoms with van der Waals surface area (Å²) >= 11 is 0. The second-order valence-corrected chi connectivity index (χ2v) is 4.78. The number of nitrogens with zero attached hydrogens (tertiary/aromatic N) is 1. The minimum atomic E-state index is -0.747. The van der Waals surface area contributed by atoms with Crippen LogP contribution in [0.4, 0.5) is 14.5 Å². The summed E-state index contributed by atoms with van der Waals surface area (Å²) in [5.74, 6) is -2.05. The van der Waals surface area contributed by atoms with Gasteiger partial charge in [-0.1, -0.05) is 13.3 Å². The SMILES string of the molecule is CCCC1NC(=O)CCN(c2cc(F)cc(F)c2)C1=O. The van der Waals surface area contributed by atoms with Crippen molar-refractivity contribution in [2.75, 3.05) is 11.4 Å². The molecule has 20 heavy (non-hydrogen) atoms. The maximum absolute atomic E-state index is 13.3. The Hall–Kier alpha value is -1.98. The van der Waals surface area contributed by atoms with E-state index in [0.717, 1.165) is 24.6 Å². The first-order valence-corrected chi connectivity index (χ1v) is 6.58. The van der Waals surface area contributed by atoms with Crippen molar-refractivity contribution in [1.29, 1.82) is 0 Å². The molecule has 4 nitrogen and oxygen atoms in total. The van der Waals surface area contributed by atoms with Crippen molar-refractivity contribution in [2.45, 2.75) is 32.2 Å². The topological polar surface area (TPSA) is 49.4 Å². The molecule has 1 aliphatic heterocycles. The van der Waals surface area contributed by atoms with E-state index >= 15 is 0 Å². The molecule has 1 N–H and O–H groups in total. The molecular formula is C14H16F2N2O2. The standard InChI is InChI=1S/C14H16F2N2O2/c1-2-3-12-14(20)18(5-4-13(19)17-12)11-7-9(15)6-10(16)8-11/h6-8,12H,2-5H2,1H3,(H,17,19). The minimum absolute atomic E-state index is 0.115. The van der Waals surface area contributed by atoms with Crippen LogP contribution in [0.3, 0.4) is 0 Å². The predicted octanol–water partition coefficient (Wildman–Crippen LogP) is 1.99. The third-order valence-corrected chi connectivity index (χ3v) is 3.20. The van der Waals surface area contributed by atoms with E-state index in [-0.39, 0.29) is 30.5 Å². The molecule has 0 spiro atoms. The first kappa shape index (κ1) is 14.4.